The van der Waals surface area contributed by atoms with Crippen LogP contribution in [0.25, 0.3) is 0 Å². The molecule has 3 heterocycles. The van der Waals surface area contributed by atoms with Crippen molar-refractivity contribution in [3.63, 3.8) is 0 Å². The predicted molar refractivity (Wildman–Crippen MR) is 151 cm³/mol. The Morgan fingerprint density at radius 3 is 2.48 bits per heavy atom. The number of rotatable bonds is 13. The average Bonchev–Trinajstić information content (AvgIpc) is 3.58. The molecule has 40 heavy (non-hydrogen) atoms. The number of anilines is 1. The van der Waals surface area contributed by atoms with E-state index in [4.69, 9.17) is 14.2 Å². The van der Waals surface area contributed by atoms with Gasteiger partial charge < -0.3 is 29.1 Å². The first kappa shape index (κ1) is 29.8. The molecule has 2 unspecified atom stereocenters. The van der Waals surface area contributed by atoms with Crippen molar-refractivity contribution in [2.24, 2.45) is 17.8 Å². The highest BCUT2D eigenvalue weighted by molar-refractivity contribution is 6.05. The number of ether oxygens (including phenoxy) is 3. The molecule has 9 heteroatoms. The van der Waals surface area contributed by atoms with E-state index in [0.717, 1.165) is 0 Å². The molecular formula is C31H42N2O7. The number of esters is 1. The molecule has 2 amide bonds. The third kappa shape index (κ3) is 4.53. The van der Waals surface area contributed by atoms with Gasteiger partial charge in [0, 0.05) is 12.2 Å². The molecular weight excluding hydrogens is 512 g/mol. The van der Waals surface area contributed by atoms with Crippen LogP contribution in [-0.2, 0) is 23.9 Å². The van der Waals surface area contributed by atoms with Crippen LogP contribution >= 0.6 is 0 Å². The Kier molecular flexibility index (Phi) is 8.75. The van der Waals surface area contributed by atoms with Crippen LogP contribution in [0.15, 0.2) is 49.6 Å². The fraction of sp³-hybridized carbons (Fsp3) is 0.581. The van der Waals surface area contributed by atoms with Gasteiger partial charge in [0.2, 0.25) is 5.91 Å². The van der Waals surface area contributed by atoms with Crippen molar-refractivity contribution in [3.05, 3.63) is 49.6 Å². The Balaban J connectivity index is 1.86. The van der Waals surface area contributed by atoms with Crippen LogP contribution in [0, 0.1) is 17.8 Å². The van der Waals surface area contributed by atoms with Gasteiger partial charge in [-0.25, -0.2) is 0 Å². The minimum atomic E-state index is -1.23. The Morgan fingerprint density at radius 1 is 1.23 bits per heavy atom. The van der Waals surface area contributed by atoms with E-state index in [-0.39, 0.29) is 37.5 Å². The van der Waals surface area contributed by atoms with Gasteiger partial charge in [-0.3, -0.25) is 14.4 Å². The number of benzene rings is 1. The zero-order valence-electron chi connectivity index (χ0n) is 24.0. The predicted octanol–water partition coefficient (Wildman–Crippen LogP) is 3.51. The molecule has 1 aromatic rings. The van der Waals surface area contributed by atoms with Gasteiger partial charge in [-0.15, -0.1) is 6.58 Å². The highest BCUT2D eigenvalue weighted by atomic mass is 16.6. The van der Waals surface area contributed by atoms with Crippen LogP contribution in [-0.4, -0.2) is 77.9 Å². The van der Waals surface area contributed by atoms with E-state index >= 15 is 0 Å². The topological polar surface area (TPSA) is 106 Å². The number of hydrogen-bond acceptors (Lipinski definition) is 7. The molecule has 1 spiro atoms. The maximum absolute atomic E-state index is 14.7. The second kappa shape index (κ2) is 11.7. The van der Waals surface area contributed by atoms with Crippen LogP contribution < -0.4 is 9.64 Å². The largest absolute Gasteiger partial charge is 0.497 e. The average molecular weight is 555 g/mol. The van der Waals surface area contributed by atoms with Crippen molar-refractivity contribution >= 4 is 23.5 Å². The van der Waals surface area contributed by atoms with E-state index in [9.17, 15) is 19.5 Å². The zero-order chi connectivity index (χ0) is 29.2. The Hall–Kier alpha value is -3.17. The second-order valence-corrected chi connectivity index (χ2v) is 11.1. The lowest BCUT2D eigenvalue weighted by Crippen LogP contribution is -2.60. The third-order valence-corrected chi connectivity index (χ3v) is 9.26. The van der Waals surface area contributed by atoms with Crippen LogP contribution in [0.3, 0.4) is 0 Å². The first-order valence-electron chi connectivity index (χ1n) is 14.2. The number of likely N-dealkylation sites (tertiary alicyclic amines) is 1. The summed E-state index contributed by atoms with van der Waals surface area (Å²) in [6, 6.07) is 5.43. The zero-order valence-corrected chi connectivity index (χ0v) is 24.0. The van der Waals surface area contributed by atoms with E-state index in [1.165, 1.54) is 11.0 Å². The van der Waals surface area contributed by atoms with Crippen molar-refractivity contribution in [3.8, 4) is 5.75 Å². The Morgan fingerprint density at radius 2 is 1.93 bits per heavy atom. The van der Waals surface area contributed by atoms with Crippen molar-refractivity contribution in [1.82, 2.24) is 4.90 Å². The highest BCUT2D eigenvalue weighted by Gasteiger charge is 2.79. The van der Waals surface area contributed by atoms with Crippen LogP contribution in [0.5, 0.6) is 5.75 Å². The maximum atomic E-state index is 14.7. The summed E-state index contributed by atoms with van der Waals surface area (Å²) in [5, 5.41) is 10.5. The molecule has 218 valence electrons. The minimum Gasteiger partial charge on any atom is -0.497 e. The summed E-state index contributed by atoms with van der Waals surface area (Å²) in [5.74, 6) is -2.41. The summed E-state index contributed by atoms with van der Waals surface area (Å²) < 4.78 is 17.6. The SMILES string of the molecule is C=CCOC(=O)[C@H]1[C@H]2C(=O)N([C@@H](CO)[C@@H](C)CC)C(C(=O)N(CC=C)c3ccc(OC)cc3)C23CC[C@]1(CC)O3. The normalized spacial score (nSPS) is 30.0. The van der Waals surface area contributed by atoms with Crippen LogP contribution in [0.4, 0.5) is 5.69 Å². The highest BCUT2D eigenvalue weighted by Crippen LogP contribution is 2.65. The van der Waals surface area contributed by atoms with E-state index in [0.29, 0.717) is 37.1 Å². The summed E-state index contributed by atoms with van der Waals surface area (Å²) in [6.07, 6.45) is 5.27. The summed E-state index contributed by atoms with van der Waals surface area (Å²) in [4.78, 5) is 45.8. The van der Waals surface area contributed by atoms with Gasteiger partial charge in [0.25, 0.3) is 5.91 Å². The fourth-order valence-corrected chi connectivity index (χ4v) is 7.06. The number of aliphatic hydroxyl groups excluding tert-OH is 1. The van der Waals surface area contributed by atoms with Gasteiger partial charge in [-0.05, 0) is 49.4 Å². The summed E-state index contributed by atoms with van der Waals surface area (Å²) in [7, 11) is 1.57. The molecule has 0 radical (unpaired) electrons. The monoisotopic (exact) mass is 554 g/mol. The van der Waals surface area contributed by atoms with Crippen molar-refractivity contribution < 1.29 is 33.7 Å². The quantitative estimate of drug-likeness (QED) is 0.294. The van der Waals surface area contributed by atoms with Gasteiger partial charge in [-0.1, -0.05) is 45.9 Å². The van der Waals surface area contributed by atoms with Gasteiger partial charge in [0.05, 0.1) is 31.3 Å². The first-order chi connectivity index (χ1) is 19.2. The van der Waals surface area contributed by atoms with Crippen molar-refractivity contribution in [2.75, 3.05) is 31.8 Å². The van der Waals surface area contributed by atoms with E-state index in [1.807, 2.05) is 20.8 Å². The number of amides is 2. The lowest BCUT2D eigenvalue weighted by Gasteiger charge is -2.41. The number of nitrogens with zero attached hydrogens (tertiary/aromatic N) is 2. The maximum Gasteiger partial charge on any atom is 0.313 e. The Bertz CT molecular complexity index is 1140. The molecule has 7 atom stereocenters. The van der Waals surface area contributed by atoms with Crippen LogP contribution in [0.2, 0.25) is 0 Å². The standard InChI is InChI=1S/C31H42N2O7/c1-7-17-32(21-11-13-22(38-6)14-12-21)28(36)26-31-16-15-30(10-4,40-31)25(29(37)39-18-8-2)24(31)27(35)33(26)23(19-34)20(5)9-3/h7-8,11-14,20,23-26,34H,1-2,9-10,15-19H2,3-6H3/t20-,23-,24-,25+,26?,30-,31?/m0/s1. The van der Waals surface area contributed by atoms with E-state index in [1.54, 1.807) is 42.4 Å². The second-order valence-electron chi connectivity index (χ2n) is 11.1. The molecule has 1 N–H and O–H groups in total. The molecule has 2 bridgehead atoms. The van der Waals surface area contributed by atoms with Gasteiger partial charge in [0.1, 0.15) is 29.9 Å². The molecule has 3 aliphatic heterocycles. The lowest BCUT2D eigenvalue weighted by molar-refractivity contribution is -0.161. The van der Waals surface area contributed by atoms with Gasteiger partial charge in [0.15, 0.2) is 0 Å². The van der Waals surface area contributed by atoms with Gasteiger partial charge in [-0.2, -0.15) is 0 Å². The summed E-state index contributed by atoms with van der Waals surface area (Å²) >= 11 is 0. The van der Waals surface area contributed by atoms with E-state index < -0.39 is 41.1 Å². The first-order valence-corrected chi connectivity index (χ1v) is 14.2. The smallest absolute Gasteiger partial charge is 0.313 e. The molecule has 0 aliphatic carbocycles. The van der Waals surface area contributed by atoms with E-state index in [2.05, 4.69) is 13.2 Å². The minimum absolute atomic E-state index is 0.0197. The molecule has 9 nitrogen and oxygen atoms in total. The molecule has 3 saturated heterocycles. The van der Waals surface area contributed by atoms with Gasteiger partial charge >= 0.3 is 5.97 Å². The fourth-order valence-electron chi connectivity index (χ4n) is 7.06. The number of carbonyl (C=O) groups is 3. The van der Waals surface area contributed by atoms with Crippen molar-refractivity contribution in [2.45, 2.75) is 69.7 Å². The third-order valence-electron chi connectivity index (χ3n) is 9.26. The van der Waals surface area contributed by atoms with Crippen LogP contribution in [0.1, 0.15) is 46.5 Å². The molecule has 0 aromatic heterocycles. The summed E-state index contributed by atoms with van der Waals surface area (Å²) in [6.45, 7) is 13.3. The number of hydrogen-bond donors (Lipinski definition) is 1. The molecule has 1 aromatic carbocycles. The Labute approximate surface area is 236 Å². The number of carbonyl (C=O) groups excluding carboxylic acids is 3. The van der Waals surface area contributed by atoms with Crippen molar-refractivity contribution in [1.29, 1.82) is 0 Å². The molecule has 3 fully saturated rings. The lowest BCUT2D eigenvalue weighted by atomic mass is 9.65. The molecule has 0 saturated carbocycles. The molecule has 4 rings (SSSR count). The molecule has 3 aliphatic rings. The summed E-state index contributed by atoms with van der Waals surface area (Å²) in [5.41, 5.74) is -1.52. The number of aliphatic hydroxyl groups is 1. The number of methoxy groups -OCH3 is 1. The number of fused-ring (bicyclic) bond motifs is 1.